The van der Waals surface area contributed by atoms with Gasteiger partial charge in [0, 0.05) is 32.1 Å². The molecule has 0 atom stereocenters. The highest BCUT2D eigenvalue weighted by atomic mass is 19.3. The van der Waals surface area contributed by atoms with Gasteiger partial charge in [-0.05, 0) is 12.1 Å². The molecule has 1 aliphatic heterocycles. The summed E-state index contributed by atoms with van der Waals surface area (Å²) >= 11 is 0. The lowest BCUT2D eigenvalue weighted by molar-refractivity contribution is -0.0221. The Hall–Kier alpha value is -2.25. The van der Waals surface area contributed by atoms with Crippen molar-refractivity contribution in [2.45, 2.75) is 18.8 Å². The van der Waals surface area contributed by atoms with E-state index in [9.17, 15) is 18.8 Å². The zero-order valence-corrected chi connectivity index (χ0v) is 10.5. The molecule has 2 aromatic rings. The number of aromatic nitrogens is 3. The standard InChI is InChI=1S/C12H12F2N4O2/c13-12(14)3-6-17(7-4-12)10-8-2-1-5-15-9(8)18(20)11(19)16-10/h1-2,5,20H,3-4,6-7H2. The van der Waals surface area contributed by atoms with E-state index in [1.165, 1.54) is 6.20 Å². The SMILES string of the molecule is O=c1nc(N2CCC(F)(F)CC2)c2cccnc2n1O. The summed E-state index contributed by atoms with van der Waals surface area (Å²) in [5, 5.41) is 10.1. The monoisotopic (exact) mass is 282 g/mol. The molecule has 0 amide bonds. The number of piperidine rings is 1. The van der Waals surface area contributed by atoms with Crippen molar-refractivity contribution < 1.29 is 14.0 Å². The highest BCUT2D eigenvalue weighted by molar-refractivity contribution is 5.86. The van der Waals surface area contributed by atoms with Crippen LogP contribution < -0.4 is 10.6 Å². The van der Waals surface area contributed by atoms with Crippen LogP contribution in [0.25, 0.3) is 11.0 Å². The van der Waals surface area contributed by atoms with Gasteiger partial charge in [0.25, 0.3) is 5.92 Å². The van der Waals surface area contributed by atoms with Crippen LogP contribution >= 0.6 is 0 Å². The second kappa shape index (κ2) is 4.39. The molecule has 8 heteroatoms. The van der Waals surface area contributed by atoms with Gasteiger partial charge in [-0.15, -0.1) is 4.73 Å². The molecular formula is C12H12F2N4O2. The molecular weight excluding hydrogens is 270 g/mol. The minimum atomic E-state index is -2.67. The number of hydrogen-bond donors (Lipinski definition) is 1. The molecule has 0 aromatic carbocycles. The maximum Gasteiger partial charge on any atom is 0.384 e. The molecule has 3 heterocycles. The lowest BCUT2D eigenvalue weighted by Crippen LogP contribution is -2.41. The fraction of sp³-hybridized carbons (Fsp3) is 0.417. The van der Waals surface area contributed by atoms with Gasteiger partial charge in [-0.1, -0.05) is 0 Å². The molecule has 106 valence electrons. The lowest BCUT2D eigenvalue weighted by atomic mass is 10.1. The Morgan fingerprint density at radius 2 is 2.00 bits per heavy atom. The number of rotatable bonds is 1. The van der Waals surface area contributed by atoms with E-state index in [4.69, 9.17) is 0 Å². The molecule has 0 spiro atoms. The molecule has 0 unspecified atom stereocenters. The minimum Gasteiger partial charge on any atom is -0.422 e. The van der Waals surface area contributed by atoms with Crippen molar-refractivity contribution in [3.63, 3.8) is 0 Å². The number of fused-ring (bicyclic) bond motifs is 1. The number of hydrogen-bond acceptors (Lipinski definition) is 5. The van der Waals surface area contributed by atoms with E-state index in [1.54, 1.807) is 17.0 Å². The molecule has 0 bridgehead atoms. The molecule has 1 saturated heterocycles. The quantitative estimate of drug-likeness (QED) is 0.797. The predicted molar refractivity (Wildman–Crippen MR) is 67.4 cm³/mol. The average Bonchev–Trinajstić information content (AvgIpc) is 2.43. The summed E-state index contributed by atoms with van der Waals surface area (Å²) in [7, 11) is 0. The van der Waals surface area contributed by atoms with Crippen LogP contribution in [-0.4, -0.2) is 38.9 Å². The van der Waals surface area contributed by atoms with Gasteiger partial charge < -0.3 is 10.1 Å². The summed E-state index contributed by atoms with van der Waals surface area (Å²) < 4.78 is 26.7. The van der Waals surface area contributed by atoms with Gasteiger partial charge in [-0.3, -0.25) is 0 Å². The van der Waals surface area contributed by atoms with Crippen LogP contribution in [0.15, 0.2) is 23.1 Å². The fourth-order valence-corrected chi connectivity index (χ4v) is 2.32. The van der Waals surface area contributed by atoms with Crippen LogP contribution in [0.2, 0.25) is 0 Å². The number of pyridine rings is 1. The molecule has 3 rings (SSSR count). The van der Waals surface area contributed by atoms with Crippen LogP contribution in [0.3, 0.4) is 0 Å². The van der Waals surface area contributed by atoms with E-state index in [0.29, 0.717) is 15.9 Å². The molecule has 20 heavy (non-hydrogen) atoms. The van der Waals surface area contributed by atoms with Crippen molar-refractivity contribution in [2.24, 2.45) is 0 Å². The first-order chi connectivity index (χ1) is 9.48. The van der Waals surface area contributed by atoms with E-state index >= 15 is 0 Å². The van der Waals surface area contributed by atoms with E-state index in [2.05, 4.69) is 9.97 Å². The summed E-state index contributed by atoms with van der Waals surface area (Å²) in [6.45, 7) is 0.220. The van der Waals surface area contributed by atoms with Gasteiger partial charge in [-0.2, -0.15) is 4.98 Å². The topological polar surface area (TPSA) is 71.2 Å². The summed E-state index contributed by atoms with van der Waals surface area (Å²) in [6, 6.07) is 3.28. The van der Waals surface area contributed by atoms with E-state index in [0.717, 1.165) is 0 Å². The Morgan fingerprint density at radius 3 is 2.70 bits per heavy atom. The molecule has 0 aliphatic carbocycles. The van der Waals surface area contributed by atoms with Crippen LogP contribution in [0.1, 0.15) is 12.8 Å². The smallest absolute Gasteiger partial charge is 0.384 e. The van der Waals surface area contributed by atoms with Gasteiger partial charge in [0.2, 0.25) is 0 Å². The summed E-state index contributed by atoms with van der Waals surface area (Å²) in [5.41, 5.74) is -0.802. The Morgan fingerprint density at radius 1 is 1.30 bits per heavy atom. The molecule has 1 N–H and O–H groups in total. The Kier molecular flexibility index (Phi) is 2.81. The molecule has 0 saturated carbocycles. The largest absolute Gasteiger partial charge is 0.422 e. The highest BCUT2D eigenvalue weighted by Crippen LogP contribution is 2.31. The summed E-state index contributed by atoms with van der Waals surface area (Å²) in [6.07, 6.45) is 0.875. The maximum absolute atomic E-state index is 13.2. The van der Waals surface area contributed by atoms with Crippen LogP contribution in [-0.2, 0) is 0 Å². The Labute approximate surface area is 112 Å². The fourth-order valence-electron chi connectivity index (χ4n) is 2.32. The van der Waals surface area contributed by atoms with E-state index in [-0.39, 0.29) is 31.6 Å². The summed E-state index contributed by atoms with van der Waals surface area (Å²) in [5.74, 6) is -2.38. The van der Waals surface area contributed by atoms with Crippen molar-refractivity contribution in [1.82, 2.24) is 14.7 Å². The molecule has 1 fully saturated rings. The van der Waals surface area contributed by atoms with Gasteiger partial charge in [0.15, 0.2) is 5.65 Å². The van der Waals surface area contributed by atoms with Crippen LogP contribution in [0.5, 0.6) is 0 Å². The number of alkyl halides is 2. The Bertz CT molecular complexity index is 706. The lowest BCUT2D eigenvalue weighted by Gasteiger charge is -2.32. The number of nitrogens with zero attached hydrogens (tertiary/aromatic N) is 4. The second-order valence-corrected chi connectivity index (χ2v) is 4.75. The van der Waals surface area contributed by atoms with Crippen LogP contribution in [0.4, 0.5) is 14.6 Å². The van der Waals surface area contributed by atoms with Crippen molar-refractivity contribution in [2.75, 3.05) is 18.0 Å². The molecule has 1 aliphatic rings. The third kappa shape index (κ3) is 2.06. The maximum atomic E-state index is 13.2. The first-order valence-electron chi connectivity index (χ1n) is 6.18. The number of anilines is 1. The molecule has 2 aromatic heterocycles. The zero-order chi connectivity index (χ0) is 14.3. The third-order valence-corrected chi connectivity index (χ3v) is 3.41. The predicted octanol–water partition coefficient (Wildman–Crippen LogP) is 1.26. The van der Waals surface area contributed by atoms with Crippen molar-refractivity contribution in [1.29, 1.82) is 0 Å². The van der Waals surface area contributed by atoms with Gasteiger partial charge in [-0.25, -0.2) is 18.6 Å². The highest BCUT2D eigenvalue weighted by Gasteiger charge is 2.35. The van der Waals surface area contributed by atoms with Crippen molar-refractivity contribution in [3.05, 3.63) is 28.8 Å². The zero-order valence-electron chi connectivity index (χ0n) is 10.5. The third-order valence-electron chi connectivity index (χ3n) is 3.41. The first kappa shape index (κ1) is 12.8. The van der Waals surface area contributed by atoms with Gasteiger partial charge in [0.1, 0.15) is 5.82 Å². The van der Waals surface area contributed by atoms with E-state index < -0.39 is 11.6 Å². The average molecular weight is 282 g/mol. The Balaban J connectivity index is 2.09. The van der Waals surface area contributed by atoms with Crippen LogP contribution in [0, 0.1) is 0 Å². The molecule has 6 nitrogen and oxygen atoms in total. The van der Waals surface area contributed by atoms with E-state index in [1.807, 2.05) is 0 Å². The van der Waals surface area contributed by atoms with Crippen molar-refractivity contribution in [3.8, 4) is 0 Å². The summed E-state index contributed by atoms with van der Waals surface area (Å²) in [4.78, 5) is 20.9. The number of halogens is 2. The van der Waals surface area contributed by atoms with Crippen molar-refractivity contribution >= 4 is 16.9 Å². The minimum absolute atomic E-state index is 0.0693. The second-order valence-electron chi connectivity index (χ2n) is 4.75. The molecule has 0 radical (unpaired) electrons. The van der Waals surface area contributed by atoms with Gasteiger partial charge >= 0.3 is 5.69 Å². The first-order valence-corrected chi connectivity index (χ1v) is 6.18. The van der Waals surface area contributed by atoms with Gasteiger partial charge in [0.05, 0.1) is 5.39 Å². The normalized spacial score (nSPS) is 18.4.